The van der Waals surface area contributed by atoms with Gasteiger partial charge in [0.05, 0.1) is 17.3 Å². The lowest BCUT2D eigenvalue weighted by Gasteiger charge is -2.08. The van der Waals surface area contributed by atoms with E-state index in [0.717, 1.165) is 34.3 Å². The fraction of sp³-hybridized carbons (Fsp3) is 0.143. The molecule has 0 atom stereocenters. The summed E-state index contributed by atoms with van der Waals surface area (Å²) in [6.45, 7) is 2.28. The molecule has 0 N–H and O–H groups in total. The predicted octanol–water partition coefficient (Wildman–Crippen LogP) is 5.30. The zero-order valence-electron chi connectivity index (χ0n) is 14.9. The van der Waals surface area contributed by atoms with Crippen LogP contribution in [-0.4, -0.2) is 14.6 Å². The van der Waals surface area contributed by atoms with E-state index in [0.29, 0.717) is 18.1 Å². The lowest BCUT2D eigenvalue weighted by atomic mass is 10.0. The molecule has 1 aromatic carbocycles. The highest BCUT2D eigenvalue weighted by Gasteiger charge is 2.30. The van der Waals surface area contributed by atoms with Crippen molar-refractivity contribution in [3.05, 3.63) is 83.8 Å². The monoisotopic (exact) mass is 383 g/mol. The Labute approximate surface area is 159 Å². The summed E-state index contributed by atoms with van der Waals surface area (Å²) in [6.07, 6.45) is 0.820. The Morgan fingerprint density at radius 2 is 1.79 bits per heavy atom. The fourth-order valence-electron chi connectivity index (χ4n) is 2.87. The molecule has 4 aromatic rings. The number of hydrogen-bond acceptors (Lipinski definition) is 3. The second kappa shape index (κ2) is 6.99. The molecule has 0 aliphatic carbocycles. The van der Waals surface area contributed by atoms with E-state index >= 15 is 0 Å². The molecular formula is C21H16F3N3O. The summed E-state index contributed by atoms with van der Waals surface area (Å²) in [7, 11) is 0. The Balaban J connectivity index is 1.60. The van der Waals surface area contributed by atoms with Crippen LogP contribution in [0.15, 0.2) is 67.1 Å². The number of rotatable bonds is 4. The summed E-state index contributed by atoms with van der Waals surface area (Å²) in [5, 5.41) is 4.28. The maximum atomic E-state index is 12.8. The number of benzene rings is 1. The van der Waals surface area contributed by atoms with Gasteiger partial charge in [-0.25, -0.2) is 9.50 Å². The average molecular weight is 383 g/mol. The van der Waals surface area contributed by atoms with E-state index in [1.807, 2.05) is 25.1 Å². The third-order valence-corrected chi connectivity index (χ3v) is 4.38. The minimum Gasteiger partial charge on any atom is -0.473 e. The van der Waals surface area contributed by atoms with Gasteiger partial charge in [-0.15, -0.1) is 0 Å². The zero-order chi connectivity index (χ0) is 19.7. The summed E-state index contributed by atoms with van der Waals surface area (Å²) in [6, 6.07) is 12.6. The van der Waals surface area contributed by atoms with Crippen LogP contribution in [0.1, 0.15) is 16.7 Å². The Kier molecular flexibility index (Phi) is 4.50. The third kappa shape index (κ3) is 3.69. The topological polar surface area (TPSA) is 39.4 Å². The standard InChI is InChI=1S/C21H16F3N3O/c1-14-2-7-20(25-11-14)28-13-15-8-9-27-19(10-15)18(12-26-27)16-3-5-17(6-4-16)21(22,23)24/h2-12H,13H2,1H3. The molecule has 0 radical (unpaired) electrons. The Morgan fingerprint density at radius 1 is 1.00 bits per heavy atom. The zero-order valence-corrected chi connectivity index (χ0v) is 14.9. The normalized spacial score (nSPS) is 11.7. The van der Waals surface area contributed by atoms with E-state index in [4.69, 9.17) is 4.74 Å². The lowest BCUT2D eigenvalue weighted by Crippen LogP contribution is -2.03. The van der Waals surface area contributed by atoms with Crippen molar-refractivity contribution in [2.45, 2.75) is 19.7 Å². The Hall–Kier alpha value is -3.35. The van der Waals surface area contributed by atoms with Gasteiger partial charge in [0, 0.05) is 24.0 Å². The molecule has 142 valence electrons. The number of ether oxygens (including phenoxy) is 1. The van der Waals surface area contributed by atoms with E-state index in [1.165, 1.54) is 12.1 Å². The summed E-state index contributed by atoms with van der Waals surface area (Å²) in [5.74, 6) is 0.530. The maximum absolute atomic E-state index is 12.8. The van der Waals surface area contributed by atoms with Gasteiger partial charge < -0.3 is 4.74 Å². The van der Waals surface area contributed by atoms with Gasteiger partial charge in [-0.1, -0.05) is 18.2 Å². The fourth-order valence-corrected chi connectivity index (χ4v) is 2.87. The predicted molar refractivity (Wildman–Crippen MR) is 98.9 cm³/mol. The minimum atomic E-state index is -4.35. The molecule has 0 fully saturated rings. The number of aromatic nitrogens is 3. The summed E-state index contributed by atoms with van der Waals surface area (Å²) in [4.78, 5) is 4.21. The highest BCUT2D eigenvalue weighted by molar-refractivity contribution is 5.80. The first-order chi connectivity index (χ1) is 13.4. The summed E-state index contributed by atoms with van der Waals surface area (Å²) in [5.41, 5.74) is 3.49. The van der Waals surface area contributed by atoms with Gasteiger partial charge in [0.2, 0.25) is 5.88 Å². The van der Waals surface area contributed by atoms with Crippen LogP contribution in [0.2, 0.25) is 0 Å². The number of nitrogens with zero attached hydrogens (tertiary/aromatic N) is 3. The molecule has 0 bridgehead atoms. The van der Waals surface area contributed by atoms with E-state index < -0.39 is 11.7 Å². The first-order valence-electron chi connectivity index (χ1n) is 8.59. The van der Waals surface area contributed by atoms with Crippen LogP contribution in [0.25, 0.3) is 16.6 Å². The van der Waals surface area contributed by atoms with Gasteiger partial charge in [0.1, 0.15) is 6.61 Å². The number of aryl methyl sites for hydroxylation is 1. The largest absolute Gasteiger partial charge is 0.473 e. The Morgan fingerprint density at radius 3 is 2.46 bits per heavy atom. The molecule has 0 aliphatic heterocycles. The second-order valence-corrected chi connectivity index (χ2v) is 6.46. The van der Waals surface area contributed by atoms with Gasteiger partial charge in [-0.2, -0.15) is 18.3 Å². The highest BCUT2D eigenvalue weighted by atomic mass is 19.4. The highest BCUT2D eigenvalue weighted by Crippen LogP contribution is 2.32. The minimum absolute atomic E-state index is 0.324. The number of fused-ring (bicyclic) bond motifs is 1. The quantitative estimate of drug-likeness (QED) is 0.480. The Bertz CT molecular complexity index is 1100. The smallest absolute Gasteiger partial charge is 0.416 e. The van der Waals surface area contributed by atoms with Crippen LogP contribution in [-0.2, 0) is 12.8 Å². The van der Waals surface area contributed by atoms with Crippen molar-refractivity contribution in [3.63, 3.8) is 0 Å². The molecule has 4 rings (SSSR count). The molecule has 0 spiro atoms. The van der Waals surface area contributed by atoms with Crippen LogP contribution in [0.3, 0.4) is 0 Å². The molecule has 28 heavy (non-hydrogen) atoms. The molecule has 0 saturated heterocycles. The molecular weight excluding hydrogens is 367 g/mol. The van der Waals surface area contributed by atoms with Crippen molar-refractivity contribution in [1.82, 2.24) is 14.6 Å². The van der Waals surface area contributed by atoms with Gasteiger partial charge in [0.15, 0.2) is 0 Å². The SMILES string of the molecule is Cc1ccc(OCc2ccn3ncc(-c4ccc(C(F)(F)F)cc4)c3c2)nc1. The van der Waals surface area contributed by atoms with E-state index in [1.54, 1.807) is 29.2 Å². The lowest BCUT2D eigenvalue weighted by molar-refractivity contribution is -0.137. The van der Waals surface area contributed by atoms with Crippen LogP contribution in [0.4, 0.5) is 13.2 Å². The van der Waals surface area contributed by atoms with Crippen LogP contribution in [0, 0.1) is 6.92 Å². The van der Waals surface area contributed by atoms with Crippen molar-refractivity contribution < 1.29 is 17.9 Å². The van der Waals surface area contributed by atoms with Crippen molar-refractivity contribution in [1.29, 1.82) is 0 Å². The van der Waals surface area contributed by atoms with Crippen molar-refractivity contribution in [2.75, 3.05) is 0 Å². The molecule has 0 aliphatic rings. The number of alkyl halides is 3. The molecule has 0 amide bonds. The van der Waals surface area contributed by atoms with Gasteiger partial charge in [0.25, 0.3) is 0 Å². The van der Waals surface area contributed by atoms with E-state index in [-0.39, 0.29) is 0 Å². The van der Waals surface area contributed by atoms with E-state index in [2.05, 4.69) is 10.1 Å². The van der Waals surface area contributed by atoms with Gasteiger partial charge in [-0.05, 0) is 47.9 Å². The molecule has 7 heteroatoms. The van der Waals surface area contributed by atoms with Crippen molar-refractivity contribution in [3.8, 4) is 17.0 Å². The molecule has 0 unspecified atom stereocenters. The number of halogens is 3. The van der Waals surface area contributed by atoms with Gasteiger partial charge >= 0.3 is 6.18 Å². The number of pyridine rings is 2. The van der Waals surface area contributed by atoms with Crippen LogP contribution >= 0.6 is 0 Å². The molecule has 3 heterocycles. The molecule has 3 aromatic heterocycles. The van der Waals surface area contributed by atoms with Gasteiger partial charge in [-0.3, -0.25) is 0 Å². The average Bonchev–Trinajstić information content (AvgIpc) is 3.10. The first kappa shape index (κ1) is 18.0. The molecule has 0 saturated carbocycles. The third-order valence-electron chi connectivity index (χ3n) is 4.38. The van der Waals surface area contributed by atoms with Crippen molar-refractivity contribution in [2.24, 2.45) is 0 Å². The second-order valence-electron chi connectivity index (χ2n) is 6.46. The summed E-state index contributed by atoms with van der Waals surface area (Å²) >= 11 is 0. The first-order valence-corrected chi connectivity index (χ1v) is 8.59. The number of hydrogen-bond donors (Lipinski definition) is 0. The summed E-state index contributed by atoms with van der Waals surface area (Å²) < 4.78 is 45.7. The molecule has 4 nitrogen and oxygen atoms in total. The van der Waals surface area contributed by atoms with E-state index in [9.17, 15) is 13.2 Å². The van der Waals surface area contributed by atoms with Crippen molar-refractivity contribution >= 4 is 5.52 Å². The van der Waals surface area contributed by atoms with Crippen LogP contribution < -0.4 is 4.74 Å². The van der Waals surface area contributed by atoms with Crippen LogP contribution in [0.5, 0.6) is 5.88 Å². The maximum Gasteiger partial charge on any atom is 0.416 e.